The van der Waals surface area contributed by atoms with E-state index in [4.69, 9.17) is 11.6 Å². The number of aromatic amines is 2. The number of hydrogen-bond donors (Lipinski definition) is 3. The van der Waals surface area contributed by atoms with Gasteiger partial charge in [-0.1, -0.05) is 23.7 Å². The van der Waals surface area contributed by atoms with Gasteiger partial charge in [-0.2, -0.15) is 0 Å². The smallest absolute Gasteiger partial charge is 0.261 e. The van der Waals surface area contributed by atoms with Crippen LogP contribution in [0, 0.1) is 0 Å². The largest absolute Gasteiger partial charge is 0.354 e. The molecular weight excluding hydrogens is 374 g/mol. The van der Waals surface area contributed by atoms with Gasteiger partial charge in [0, 0.05) is 28.5 Å². The van der Waals surface area contributed by atoms with E-state index in [1.165, 1.54) is 0 Å². The summed E-state index contributed by atoms with van der Waals surface area (Å²) < 4.78 is 0. The molecule has 6 nitrogen and oxygen atoms in total. The van der Waals surface area contributed by atoms with Crippen LogP contribution in [0.3, 0.4) is 0 Å². The van der Waals surface area contributed by atoms with Crippen molar-refractivity contribution in [3.05, 3.63) is 82.4 Å². The van der Waals surface area contributed by atoms with E-state index in [9.17, 15) is 4.79 Å². The number of imidazole rings is 1. The molecule has 0 bridgehead atoms. The number of benzene rings is 2. The van der Waals surface area contributed by atoms with Crippen LogP contribution in [-0.4, -0.2) is 19.9 Å². The Labute approximate surface area is 164 Å². The highest BCUT2D eigenvalue weighted by Gasteiger charge is 2.18. The molecule has 0 spiro atoms. The van der Waals surface area contributed by atoms with Crippen LogP contribution in [-0.2, 0) is 0 Å². The van der Waals surface area contributed by atoms with Crippen LogP contribution in [0.2, 0.25) is 5.02 Å². The summed E-state index contributed by atoms with van der Waals surface area (Å²) >= 11 is 6.12. The monoisotopic (exact) mass is 387 g/mol. The van der Waals surface area contributed by atoms with Crippen LogP contribution in [0.1, 0.15) is 0 Å². The lowest BCUT2D eigenvalue weighted by atomic mass is 10.1. The zero-order valence-electron chi connectivity index (χ0n) is 14.5. The lowest BCUT2D eigenvalue weighted by molar-refractivity contribution is 1.25. The van der Waals surface area contributed by atoms with Gasteiger partial charge in [0.2, 0.25) is 0 Å². The Balaban J connectivity index is 1.81. The van der Waals surface area contributed by atoms with Crippen molar-refractivity contribution < 1.29 is 0 Å². The summed E-state index contributed by atoms with van der Waals surface area (Å²) in [7, 11) is 0. The maximum atomic E-state index is 13.0. The van der Waals surface area contributed by atoms with Crippen molar-refractivity contribution in [3.8, 4) is 11.4 Å². The summed E-state index contributed by atoms with van der Waals surface area (Å²) in [5.74, 6) is 0.496. The summed E-state index contributed by atoms with van der Waals surface area (Å²) in [5, 5.41) is 4.74. The highest BCUT2D eigenvalue weighted by molar-refractivity contribution is 6.31. The number of anilines is 2. The van der Waals surface area contributed by atoms with Crippen LogP contribution in [0.15, 0.2) is 71.8 Å². The molecule has 0 saturated heterocycles. The van der Waals surface area contributed by atoms with Gasteiger partial charge in [0.05, 0.1) is 22.2 Å². The molecule has 136 valence electrons. The minimum absolute atomic E-state index is 0.259. The second kappa shape index (κ2) is 6.51. The maximum absolute atomic E-state index is 13.0. The lowest BCUT2D eigenvalue weighted by Gasteiger charge is -2.13. The van der Waals surface area contributed by atoms with Crippen molar-refractivity contribution >= 4 is 44.9 Å². The quantitative estimate of drug-likeness (QED) is 0.412. The molecule has 0 aliphatic rings. The van der Waals surface area contributed by atoms with Crippen LogP contribution in [0.5, 0.6) is 0 Å². The Morgan fingerprint density at radius 3 is 2.57 bits per heavy atom. The Hall–Kier alpha value is -3.64. The molecule has 0 radical (unpaired) electrons. The standard InChI is InChI=1S/C21H14ClN5O/c22-12-5-6-14-17(11-12)27-21(28)18(19(14)24-13-7-9-23-10-8-13)20-25-15-3-1-2-4-16(15)26-20/h1-11H,(H,25,26)(H2,23,24,27,28). The molecule has 3 aromatic heterocycles. The van der Waals surface area contributed by atoms with Gasteiger partial charge >= 0.3 is 0 Å². The van der Waals surface area contributed by atoms with Gasteiger partial charge in [0.1, 0.15) is 11.4 Å². The number of rotatable bonds is 3. The first-order valence-corrected chi connectivity index (χ1v) is 9.04. The van der Waals surface area contributed by atoms with E-state index in [-0.39, 0.29) is 5.56 Å². The molecule has 7 heteroatoms. The second-order valence-electron chi connectivity index (χ2n) is 6.36. The zero-order chi connectivity index (χ0) is 19.1. The van der Waals surface area contributed by atoms with E-state index < -0.39 is 0 Å². The molecular formula is C21H14ClN5O. The number of H-pyrrole nitrogens is 2. The van der Waals surface area contributed by atoms with E-state index in [1.54, 1.807) is 24.5 Å². The Morgan fingerprint density at radius 2 is 1.75 bits per heavy atom. The predicted octanol–water partition coefficient (Wildman–Crippen LogP) is 4.86. The van der Waals surface area contributed by atoms with Gasteiger partial charge in [-0.25, -0.2) is 4.98 Å². The van der Waals surface area contributed by atoms with Crippen LogP contribution >= 0.6 is 11.6 Å². The van der Waals surface area contributed by atoms with Gasteiger partial charge in [-0.3, -0.25) is 9.78 Å². The van der Waals surface area contributed by atoms with Gasteiger partial charge < -0.3 is 15.3 Å². The van der Waals surface area contributed by atoms with Gasteiger partial charge in [-0.15, -0.1) is 0 Å². The molecule has 2 aromatic carbocycles. The van der Waals surface area contributed by atoms with Crippen molar-refractivity contribution in [2.45, 2.75) is 0 Å². The molecule has 0 atom stereocenters. The van der Waals surface area contributed by atoms with Crippen LogP contribution in [0.4, 0.5) is 11.4 Å². The average molecular weight is 388 g/mol. The fraction of sp³-hybridized carbons (Fsp3) is 0. The van der Waals surface area contributed by atoms with Gasteiger partial charge in [0.15, 0.2) is 0 Å². The Bertz CT molecular complexity index is 1340. The van der Waals surface area contributed by atoms with E-state index in [0.717, 1.165) is 22.1 Å². The number of hydrogen-bond acceptors (Lipinski definition) is 4. The number of pyridine rings is 2. The highest BCUT2D eigenvalue weighted by atomic mass is 35.5. The number of nitrogens with zero attached hydrogens (tertiary/aromatic N) is 2. The van der Waals surface area contributed by atoms with Crippen LogP contribution in [0.25, 0.3) is 33.3 Å². The van der Waals surface area contributed by atoms with Crippen molar-refractivity contribution in [2.75, 3.05) is 5.32 Å². The molecule has 0 saturated carbocycles. The van der Waals surface area contributed by atoms with Crippen molar-refractivity contribution in [1.82, 2.24) is 19.9 Å². The molecule has 0 fully saturated rings. The van der Waals surface area contributed by atoms with E-state index >= 15 is 0 Å². The minimum Gasteiger partial charge on any atom is -0.354 e. The third kappa shape index (κ3) is 2.80. The first kappa shape index (κ1) is 16.5. The molecule has 28 heavy (non-hydrogen) atoms. The number of para-hydroxylation sites is 2. The summed E-state index contributed by atoms with van der Waals surface area (Å²) in [6.45, 7) is 0. The molecule has 3 heterocycles. The fourth-order valence-corrected chi connectivity index (χ4v) is 3.45. The first-order chi connectivity index (χ1) is 13.7. The zero-order valence-corrected chi connectivity index (χ0v) is 15.3. The normalized spacial score (nSPS) is 11.2. The van der Waals surface area contributed by atoms with Crippen molar-refractivity contribution in [1.29, 1.82) is 0 Å². The van der Waals surface area contributed by atoms with E-state index in [1.807, 2.05) is 42.5 Å². The summed E-state index contributed by atoms with van der Waals surface area (Å²) in [5.41, 5.74) is 3.95. The van der Waals surface area contributed by atoms with Gasteiger partial charge in [-0.05, 0) is 42.5 Å². The van der Waals surface area contributed by atoms with Crippen LogP contribution < -0.4 is 10.9 Å². The van der Waals surface area contributed by atoms with Crippen molar-refractivity contribution in [3.63, 3.8) is 0 Å². The molecule has 0 amide bonds. The topological polar surface area (TPSA) is 86.5 Å². The average Bonchev–Trinajstić information content (AvgIpc) is 3.12. The summed E-state index contributed by atoms with van der Waals surface area (Å²) in [4.78, 5) is 27.8. The number of aromatic nitrogens is 4. The lowest BCUT2D eigenvalue weighted by Crippen LogP contribution is -2.13. The SMILES string of the molecule is O=c1[nH]c2cc(Cl)ccc2c(Nc2ccncc2)c1-c1nc2ccccc2[nH]1. The third-order valence-corrected chi connectivity index (χ3v) is 4.79. The molecule has 5 aromatic rings. The summed E-state index contributed by atoms with van der Waals surface area (Å²) in [6.07, 6.45) is 3.38. The molecule has 5 rings (SSSR count). The Morgan fingerprint density at radius 1 is 0.929 bits per heavy atom. The number of nitrogens with one attached hydrogen (secondary N) is 3. The number of fused-ring (bicyclic) bond motifs is 2. The number of halogens is 1. The predicted molar refractivity (Wildman–Crippen MR) is 112 cm³/mol. The molecule has 0 aliphatic heterocycles. The summed E-state index contributed by atoms with van der Waals surface area (Å²) in [6, 6.07) is 16.8. The maximum Gasteiger partial charge on any atom is 0.261 e. The molecule has 0 aliphatic carbocycles. The highest BCUT2D eigenvalue weighted by Crippen LogP contribution is 2.33. The van der Waals surface area contributed by atoms with Gasteiger partial charge in [0.25, 0.3) is 5.56 Å². The van der Waals surface area contributed by atoms with E-state index in [0.29, 0.717) is 27.6 Å². The van der Waals surface area contributed by atoms with Crippen molar-refractivity contribution in [2.24, 2.45) is 0 Å². The van der Waals surface area contributed by atoms with E-state index in [2.05, 4.69) is 25.3 Å². The fourth-order valence-electron chi connectivity index (χ4n) is 3.28. The third-order valence-electron chi connectivity index (χ3n) is 4.55. The molecule has 3 N–H and O–H groups in total. The first-order valence-electron chi connectivity index (χ1n) is 8.67. The molecule has 0 unspecified atom stereocenters. The minimum atomic E-state index is -0.259. The second-order valence-corrected chi connectivity index (χ2v) is 6.79. The Kier molecular flexibility index (Phi) is 3.84.